The molecule has 122 valence electrons. The fourth-order valence-corrected chi connectivity index (χ4v) is 2.41. The summed E-state index contributed by atoms with van der Waals surface area (Å²) >= 11 is 0. The molecule has 1 heterocycles. The van der Waals surface area contributed by atoms with Gasteiger partial charge in [0.1, 0.15) is 6.04 Å². The summed E-state index contributed by atoms with van der Waals surface area (Å²) in [7, 11) is 0. The van der Waals surface area contributed by atoms with Crippen LogP contribution >= 0.6 is 0 Å². The van der Waals surface area contributed by atoms with Crippen LogP contribution in [0.1, 0.15) is 40.0 Å². The van der Waals surface area contributed by atoms with Crippen molar-refractivity contribution in [2.45, 2.75) is 46.1 Å². The van der Waals surface area contributed by atoms with E-state index in [0.29, 0.717) is 38.0 Å². The topological polar surface area (TPSA) is 78.9 Å². The molecule has 0 bridgehead atoms. The molecule has 1 fully saturated rings. The monoisotopic (exact) mass is 300 g/mol. The highest BCUT2D eigenvalue weighted by molar-refractivity contribution is 5.82. The lowest BCUT2D eigenvalue weighted by Gasteiger charge is -2.35. The van der Waals surface area contributed by atoms with Crippen molar-refractivity contribution >= 4 is 12.0 Å². The Morgan fingerprint density at radius 1 is 1.43 bits per heavy atom. The molecular weight excluding hydrogens is 272 g/mol. The minimum atomic E-state index is -0.919. The molecule has 0 aromatic heterocycles. The molecule has 0 aliphatic carbocycles. The van der Waals surface area contributed by atoms with Crippen LogP contribution < -0.4 is 5.32 Å². The fourth-order valence-electron chi connectivity index (χ4n) is 2.41. The summed E-state index contributed by atoms with van der Waals surface area (Å²) in [5.41, 5.74) is 0. The Kier molecular flexibility index (Phi) is 7.50. The summed E-state index contributed by atoms with van der Waals surface area (Å²) < 4.78 is 5.44. The molecule has 2 atom stereocenters. The first-order chi connectivity index (χ1) is 9.91. The highest BCUT2D eigenvalue weighted by atomic mass is 16.5. The molecule has 6 nitrogen and oxygen atoms in total. The van der Waals surface area contributed by atoms with Gasteiger partial charge in [-0.25, -0.2) is 9.59 Å². The van der Waals surface area contributed by atoms with E-state index in [-0.39, 0.29) is 6.03 Å². The molecule has 0 aromatic carbocycles. The highest BCUT2D eigenvalue weighted by Gasteiger charge is 2.34. The van der Waals surface area contributed by atoms with E-state index in [2.05, 4.69) is 19.2 Å². The number of piperidine rings is 1. The molecule has 2 unspecified atom stereocenters. The molecule has 1 saturated heterocycles. The highest BCUT2D eigenvalue weighted by Crippen LogP contribution is 2.22. The van der Waals surface area contributed by atoms with Gasteiger partial charge in [0.2, 0.25) is 0 Å². The van der Waals surface area contributed by atoms with Crippen molar-refractivity contribution in [3.8, 4) is 0 Å². The van der Waals surface area contributed by atoms with Crippen molar-refractivity contribution < 1.29 is 19.4 Å². The zero-order chi connectivity index (χ0) is 15.8. The first-order valence-corrected chi connectivity index (χ1v) is 7.76. The van der Waals surface area contributed by atoms with Crippen molar-refractivity contribution in [1.29, 1.82) is 0 Å². The Morgan fingerprint density at radius 2 is 2.14 bits per heavy atom. The number of hydrogen-bond donors (Lipinski definition) is 2. The first-order valence-electron chi connectivity index (χ1n) is 7.76. The Bertz CT molecular complexity index is 347. The summed E-state index contributed by atoms with van der Waals surface area (Å²) in [6, 6.07) is -0.982. The Morgan fingerprint density at radius 3 is 2.76 bits per heavy atom. The van der Waals surface area contributed by atoms with E-state index in [1.165, 1.54) is 4.90 Å². The summed E-state index contributed by atoms with van der Waals surface area (Å²) in [4.78, 5) is 24.8. The van der Waals surface area contributed by atoms with E-state index < -0.39 is 12.0 Å². The summed E-state index contributed by atoms with van der Waals surface area (Å²) in [5.74, 6) is -0.0668. The maximum absolute atomic E-state index is 12.1. The van der Waals surface area contributed by atoms with Crippen LogP contribution in [0, 0.1) is 11.8 Å². The average molecular weight is 300 g/mol. The Labute approximate surface area is 126 Å². The maximum atomic E-state index is 12.1. The van der Waals surface area contributed by atoms with Gasteiger partial charge in [0, 0.05) is 26.3 Å². The van der Waals surface area contributed by atoms with Crippen LogP contribution in [0.4, 0.5) is 4.79 Å². The predicted molar refractivity (Wildman–Crippen MR) is 80.2 cm³/mol. The fraction of sp³-hybridized carbons (Fsp3) is 0.867. The molecule has 0 spiro atoms. The number of likely N-dealkylation sites (tertiary alicyclic amines) is 1. The molecule has 21 heavy (non-hydrogen) atoms. The molecule has 0 aromatic rings. The summed E-state index contributed by atoms with van der Waals surface area (Å²) in [6.45, 7) is 8.55. The largest absolute Gasteiger partial charge is 0.480 e. The summed E-state index contributed by atoms with van der Waals surface area (Å²) in [6.07, 6.45) is 2.12. The number of nitrogens with one attached hydrogen (secondary N) is 1. The number of nitrogens with zero attached hydrogens (tertiary/aromatic N) is 1. The molecule has 1 aliphatic heterocycles. The number of amides is 2. The Hall–Kier alpha value is -1.30. The molecule has 0 radical (unpaired) electrons. The zero-order valence-corrected chi connectivity index (χ0v) is 13.3. The number of aliphatic carboxylic acids is 1. The SMILES string of the molecule is CC(C)COCCCNC(=O)N1CCC(C)CC1C(=O)O. The van der Waals surface area contributed by atoms with Crippen LogP contribution in [-0.2, 0) is 9.53 Å². The third-order valence-electron chi connectivity index (χ3n) is 3.60. The second-order valence-corrected chi connectivity index (χ2v) is 6.23. The molecule has 0 saturated carbocycles. The molecular formula is C15H28N2O4. The number of carbonyl (C=O) groups is 2. The Balaban J connectivity index is 2.28. The second-order valence-electron chi connectivity index (χ2n) is 6.23. The van der Waals surface area contributed by atoms with Crippen molar-refractivity contribution in [2.75, 3.05) is 26.3 Å². The maximum Gasteiger partial charge on any atom is 0.326 e. The summed E-state index contributed by atoms with van der Waals surface area (Å²) in [5, 5.41) is 12.0. The lowest BCUT2D eigenvalue weighted by molar-refractivity contribution is -0.143. The number of hydrogen-bond acceptors (Lipinski definition) is 3. The van der Waals surface area contributed by atoms with Gasteiger partial charge in [0.15, 0.2) is 0 Å². The van der Waals surface area contributed by atoms with Crippen LogP contribution in [0.2, 0.25) is 0 Å². The molecule has 2 amide bonds. The van der Waals surface area contributed by atoms with Gasteiger partial charge in [0.05, 0.1) is 0 Å². The van der Waals surface area contributed by atoms with Crippen molar-refractivity contribution in [3.05, 3.63) is 0 Å². The number of rotatable bonds is 7. The van der Waals surface area contributed by atoms with E-state index in [1.807, 2.05) is 6.92 Å². The molecule has 1 aliphatic rings. The van der Waals surface area contributed by atoms with Gasteiger partial charge in [0.25, 0.3) is 0 Å². The normalized spacial score (nSPS) is 22.4. The van der Waals surface area contributed by atoms with E-state index >= 15 is 0 Å². The van der Waals surface area contributed by atoms with E-state index in [9.17, 15) is 14.7 Å². The third kappa shape index (κ3) is 6.33. The lowest BCUT2D eigenvalue weighted by atomic mass is 9.93. The van der Waals surface area contributed by atoms with Crippen LogP contribution in [0.3, 0.4) is 0 Å². The molecule has 2 N–H and O–H groups in total. The second kappa shape index (κ2) is 8.87. The zero-order valence-electron chi connectivity index (χ0n) is 13.3. The quantitative estimate of drug-likeness (QED) is 0.704. The van der Waals surface area contributed by atoms with Crippen LogP contribution in [-0.4, -0.2) is 54.4 Å². The van der Waals surface area contributed by atoms with Crippen LogP contribution in [0.15, 0.2) is 0 Å². The lowest BCUT2D eigenvalue weighted by Crippen LogP contribution is -2.53. The number of carboxylic acid groups (broad SMARTS) is 1. The minimum Gasteiger partial charge on any atom is -0.480 e. The van der Waals surface area contributed by atoms with Gasteiger partial charge in [-0.3, -0.25) is 0 Å². The number of urea groups is 1. The first kappa shape index (κ1) is 17.8. The van der Waals surface area contributed by atoms with E-state index in [4.69, 9.17) is 4.74 Å². The minimum absolute atomic E-state index is 0.279. The van der Waals surface area contributed by atoms with Crippen molar-refractivity contribution in [1.82, 2.24) is 10.2 Å². The van der Waals surface area contributed by atoms with Crippen LogP contribution in [0.5, 0.6) is 0 Å². The molecule has 6 heteroatoms. The van der Waals surface area contributed by atoms with Crippen molar-refractivity contribution in [2.24, 2.45) is 11.8 Å². The van der Waals surface area contributed by atoms with Gasteiger partial charge in [-0.15, -0.1) is 0 Å². The van der Waals surface area contributed by atoms with Gasteiger partial charge in [-0.1, -0.05) is 20.8 Å². The third-order valence-corrected chi connectivity index (χ3v) is 3.60. The number of carbonyl (C=O) groups excluding carboxylic acids is 1. The van der Waals surface area contributed by atoms with E-state index in [1.54, 1.807) is 0 Å². The number of carboxylic acids is 1. The average Bonchev–Trinajstić information content (AvgIpc) is 2.41. The van der Waals surface area contributed by atoms with Gasteiger partial charge >= 0.3 is 12.0 Å². The predicted octanol–water partition coefficient (Wildman–Crippen LogP) is 1.94. The van der Waals surface area contributed by atoms with Crippen LogP contribution in [0.25, 0.3) is 0 Å². The van der Waals surface area contributed by atoms with Gasteiger partial charge < -0.3 is 20.1 Å². The van der Waals surface area contributed by atoms with E-state index in [0.717, 1.165) is 19.4 Å². The van der Waals surface area contributed by atoms with Crippen molar-refractivity contribution in [3.63, 3.8) is 0 Å². The smallest absolute Gasteiger partial charge is 0.326 e. The number of ether oxygens (including phenoxy) is 1. The molecule has 1 rings (SSSR count). The standard InChI is InChI=1S/C15H28N2O4/c1-11(2)10-21-8-4-6-16-15(20)17-7-5-12(3)9-13(17)14(18)19/h11-13H,4-10H2,1-3H3,(H,16,20)(H,18,19). The van der Waals surface area contributed by atoms with Gasteiger partial charge in [-0.2, -0.15) is 0 Å². The van der Waals surface area contributed by atoms with Gasteiger partial charge in [-0.05, 0) is 31.1 Å².